The summed E-state index contributed by atoms with van der Waals surface area (Å²) >= 11 is 4.76. The van der Waals surface area contributed by atoms with Crippen LogP contribution in [0.1, 0.15) is 10.9 Å². The summed E-state index contributed by atoms with van der Waals surface area (Å²) in [5.74, 6) is 0.111. The average molecular weight is 274 g/mol. The highest BCUT2D eigenvalue weighted by Gasteiger charge is 2.31. The van der Waals surface area contributed by atoms with E-state index in [0.29, 0.717) is 5.75 Å². The molecule has 0 aromatic heterocycles. The van der Waals surface area contributed by atoms with E-state index in [1.807, 2.05) is 24.3 Å². The van der Waals surface area contributed by atoms with Gasteiger partial charge in [-0.05, 0) is 17.7 Å². The van der Waals surface area contributed by atoms with Crippen LogP contribution < -0.4 is 0 Å². The lowest BCUT2D eigenvalue weighted by atomic mass is 10.2. The Hall–Kier alpha value is -0.520. The summed E-state index contributed by atoms with van der Waals surface area (Å²) in [6, 6.07) is 7.58. The molecule has 74 valence electrons. The third kappa shape index (κ3) is 1.80. The lowest BCUT2D eigenvalue weighted by Crippen LogP contribution is -2.23. The van der Waals surface area contributed by atoms with Crippen LogP contribution in [0.25, 0.3) is 0 Å². The van der Waals surface area contributed by atoms with Crippen molar-refractivity contribution in [2.75, 3.05) is 5.75 Å². The van der Waals surface area contributed by atoms with E-state index >= 15 is 0 Å². The zero-order valence-corrected chi connectivity index (χ0v) is 9.59. The van der Waals surface area contributed by atoms with E-state index in [-0.39, 0.29) is 11.3 Å². The molecular formula is C9H8BrNO2S. The number of hydrogen-bond acceptors (Lipinski definition) is 3. The van der Waals surface area contributed by atoms with Gasteiger partial charge in [0.1, 0.15) is 5.37 Å². The Morgan fingerprint density at radius 3 is 2.57 bits per heavy atom. The van der Waals surface area contributed by atoms with E-state index in [0.717, 1.165) is 15.1 Å². The maximum atomic E-state index is 11.1. The molecule has 1 unspecified atom stereocenters. The first-order chi connectivity index (χ1) is 6.68. The van der Waals surface area contributed by atoms with Crippen LogP contribution in [0.3, 0.4) is 0 Å². The van der Waals surface area contributed by atoms with Gasteiger partial charge in [-0.1, -0.05) is 28.1 Å². The predicted molar refractivity (Wildman–Crippen MR) is 58.0 cm³/mol. The van der Waals surface area contributed by atoms with Crippen LogP contribution in [0.2, 0.25) is 0 Å². The molecule has 1 aliphatic rings. The van der Waals surface area contributed by atoms with Crippen molar-refractivity contribution in [3.05, 3.63) is 34.3 Å². The van der Waals surface area contributed by atoms with Crippen molar-refractivity contribution in [3.63, 3.8) is 0 Å². The Kier molecular flexibility index (Phi) is 2.80. The fourth-order valence-electron chi connectivity index (χ4n) is 1.28. The molecule has 1 aliphatic heterocycles. The average Bonchev–Trinajstić information content (AvgIpc) is 2.50. The predicted octanol–water partition coefficient (Wildman–Crippen LogP) is 2.41. The Labute approximate surface area is 94.2 Å². The number of carbonyl (C=O) groups excluding carboxylic acids is 1. The molecule has 1 aromatic carbocycles. The molecule has 1 aromatic rings. The molecule has 0 aliphatic carbocycles. The van der Waals surface area contributed by atoms with Crippen molar-refractivity contribution in [3.8, 4) is 0 Å². The van der Waals surface area contributed by atoms with Crippen LogP contribution in [-0.2, 0) is 4.79 Å². The first kappa shape index (κ1) is 10.0. The molecule has 5 heteroatoms. The Morgan fingerprint density at radius 1 is 1.43 bits per heavy atom. The Bertz CT molecular complexity index is 354. The van der Waals surface area contributed by atoms with Crippen molar-refractivity contribution in [1.82, 2.24) is 5.06 Å². The summed E-state index contributed by atoms with van der Waals surface area (Å²) < 4.78 is 0.986. The number of hydrogen-bond donors (Lipinski definition) is 1. The van der Waals surface area contributed by atoms with Gasteiger partial charge < -0.3 is 0 Å². The fourth-order valence-corrected chi connectivity index (χ4v) is 2.59. The van der Waals surface area contributed by atoms with E-state index in [1.54, 1.807) is 0 Å². The molecule has 0 radical (unpaired) electrons. The SMILES string of the molecule is O=C1CSC(c2ccc(Br)cc2)N1O. The second-order valence-corrected chi connectivity index (χ2v) is 4.94. The van der Waals surface area contributed by atoms with Gasteiger partial charge in [-0.3, -0.25) is 10.0 Å². The van der Waals surface area contributed by atoms with Crippen LogP contribution in [0.15, 0.2) is 28.7 Å². The van der Waals surface area contributed by atoms with Gasteiger partial charge in [0.2, 0.25) is 0 Å². The summed E-state index contributed by atoms with van der Waals surface area (Å²) in [6.07, 6.45) is 0. The quantitative estimate of drug-likeness (QED) is 0.799. The number of hydroxylamine groups is 2. The van der Waals surface area contributed by atoms with Gasteiger partial charge in [-0.25, -0.2) is 5.06 Å². The first-order valence-corrected chi connectivity index (χ1v) is 5.90. The van der Waals surface area contributed by atoms with Gasteiger partial charge in [-0.2, -0.15) is 0 Å². The molecular weight excluding hydrogens is 266 g/mol. The molecule has 1 amide bonds. The van der Waals surface area contributed by atoms with E-state index in [2.05, 4.69) is 15.9 Å². The molecule has 0 bridgehead atoms. The molecule has 0 spiro atoms. The molecule has 1 saturated heterocycles. The van der Waals surface area contributed by atoms with Crippen molar-refractivity contribution >= 4 is 33.6 Å². The minimum atomic E-state index is -0.254. The fraction of sp³-hybridized carbons (Fsp3) is 0.222. The summed E-state index contributed by atoms with van der Waals surface area (Å²) in [5.41, 5.74) is 0.937. The summed E-state index contributed by atoms with van der Waals surface area (Å²) in [5, 5.41) is 9.98. The highest BCUT2D eigenvalue weighted by Crippen LogP contribution is 2.37. The van der Waals surface area contributed by atoms with Gasteiger partial charge in [0.05, 0.1) is 5.75 Å². The largest absolute Gasteiger partial charge is 0.284 e. The smallest absolute Gasteiger partial charge is 0.257 e. The molecule has 1 heterocycles. The standard InChI is InChI=1S/C9H8BrNO2S/c10-7-3-1-6(2-4-7)9-11(13)8(12)5-14-9/h1-4,9,13H,5H2. The normalized spacial score (nSPS) is 21.7. The van der Waals surface area contributed by atoms with E-state index in [4.69, 9.17) is 0 Å². The lowest BCUT2D eigenvalue weighted by molar-refractivity contribution is -0.162. The molecule has 1 fully saturated rings. The molecule has 0 saturated carbocycles. The zero-order valence-electron chi connectivity index (χ0n) is 7.18. The number of nitrogens with zero attached hydrogens (tertiary/aromatic N) is 1. The number of rotatable bonds is 1. The molecule has 3 nitrogen and oxygen atoms in total. The second-order valence-electron chi connectivity index (χ2n) is 2.95. The molecule has 2 rings (SSSR count). The second kappa shape index (κ2) is 3.92. The van der Waals surface area contributed by atoms with Crippen molar-refractivity contribution < 1.29 is 10.0 Å². The van der Waals surface area contributed by atoms with Gasteiger partial charge >= 0.3 is 0 Å². The van der Waals surface area contributed by atoms with E-state index < -0.39 is 0 Å². The van der Waals surface area contributed by atoms with Crippen molar-refractivity contribution in [2.45, 2.75) is 5.37 Å². The Balaban J connectivity index is 2.23. The topological polar surface area (TPSA) is 40.5 Å². The maximum absolute atomic E-state index is 11.1. The third-order valence-corrected chi connectivity index (χ3v) is 3.73. The monoisotopic (exact) mass is 273 g/mol. The Morgan fingerprint density at radius 2 is 2.07 bits per heavy atom. The number of halogens is 1. The summed E-state index contributed by atoms with van der Waals surface area (Å²) in [7, 11) is 0. The lowest BCUT2D eigenvalue weighted by Gasteiger charge is -2.16. The van der Waals surface area contributed by atoms with Crippen LogP contribution in [-0.4, -0.2) is 21.9 Å². The van der Waals surface area contributed by atoms with Crippen LogP contribution in [0.5, 0.6) is 0 Å². The van der Waals surface area contributed by atoms with Crippen LogP contribution >= 0.6 is 27.7 Å². The number of benzene rings is 1. The number of thioether (sulfide) groups is 1. The number of carbonyl (C=O) groups is 1. The highest BCUT2D eigenvalue weighted by molar-refractivity contribution is 9.10. The number of amides is 1. The summed E-state index contributed by atoms with van der Waals surface area (Å²) in [4.78, 5) is 11.1. The minimum Gasteiger partial charge on any atom is -0.284 e. The van der Waals surface area contributed by atoms with E-state index in [1.165, 1.54) is 11.8 Å². The van der Waals surface area contributed by atoms with Gasteiger partial charge in [0, 0.05) is 4.47 Å². The third-order valence-electron chi connectivity index (χ3n) is 2.00. The molecule has 1 atom stereocenters. The maximum Gasteiger partial charge on any atom is 0.257 e. The first-order valence-electron chi connectivity index (χ1n) is 4.06. The zero-order chi connectivity index (χ0) is 10.1. The highest BCUT2D eigenvalue weighted by atomic mass is 79.9. The molecule has 14 heavy (non-hydrogen) atoms. The van der Waals surface area contributed by atoms with Gasteiger partial charge in [0.25, 0.3) is 5.91 Å². The van der Waals surface area contributed by atoms with Gasteiger partial charge in [0.15, 0.2) is 0 Å². The van der Waals surface area contributed by atoms with Crippen molar-refractivity contribution in [1.29, 1.82) is 0 Å². The van der Waals surface area contributed by atoms with E-state index in [9.17, 15) is 10.0 Å². The molecule has 1 N–H and O–H groups in total. The van der Waals surface area contributed by atoms with Crippen LogP contribution in [0.4, 0.5) is 0 Å². The minimum absolute atomic E-state index is 0.233. The van der Waals surface area contributed by atoms with Crippen molar-refractivity contribution in [2.24, 2.45) is 0 Å². The van der Waals surface area contributed by atoms with Gasteiger partial charge in [-0.15, -0.1) is 11.8 Å². The summed E-state index contributed by atoms with van der Waals surface area (Å²) in [6.45, 7) is 0. The van der Waals surface area contributed by atoms with Crippen LogP contribution in [0, 0.1) is 0 Å².